The van der Waals surface area contributed by atoms with Crippen molar-refractivity contribution < 1.29 is 18.8 Å². The Bertz CT molecular complexity index is 1190. The van der Waals surface area contributed by atoms with Crippen LogP contribution in [-0.2, 0) is 11.3 Å². The second-order valence-electron chi connectivity index (χ2n) is 7.89. The Kier molecular flexibility index (Phi) is 7.83. The molecule has 1 aliphatic rings. The molecule has 0 aliphatic carbocycles. The predicted octanol–water partition coefficient (Wildman–Crippen LogP) is 5.56. The molecule has 0 spiro atoms. The average Bonchev–Trinajstić information content (AvgIpc) is 3.30. The van der Waals surface area contributed by atoms with E-state index in [-0.39, 0.29) is 11.8 Å². The van der Waals surface area contributed by atoms with Gasteiger partial charge in [0.2, 0.25) is 17.6 Å². The van der Waals surface area contributed by atoms with Crippen LogP contribution < -0.4 is 14.8 Å². The lowest BCUT2D eigenvalue weighted by atomic mass is 9.97. The largest absolute Gasteiger partial charge is 0.493 e. The summed E-state index contributed by atoms with van der Waals surface area (Å²) in [5, 5.41) is 7.95. The molecular weight excluding hydrogens is 503 g/mol. The van der Waals surface area contributed by atoms with Gasteiger partial charge in [-0.15, -0.1) is 0 Å². The van der Waals surface area contributed by atoms with E-state index in [9.17, 15) is 4.79 Å². The summed E-state index contributed by atoms with van der Waals surface area (Å²) in [6.07, 6.45) is 1.63. The van der Waals surface area contributed by atoms with E-state index in [1.54, 1.807) is 32.4 Å². The number of ether oxygens (including phenoxy) is 2. The number of rotatable bonds is 7. The number of nitrogens with zero attached hydrogens (tertiary/aromatic N) is 3. The molecular formula is C23H23Cl3N4O4. The number of aromatic nitrogens is 2. The molecule has 2 aromatic carbocycles. The maximum absolute atomic E-state index is 12.9. The van der Waals surface area contributed by atoms with Gasteiger partial charge in [-0.1, -0.05) is 40.0 Å². The number of carbonyl (C=O) groups is 1. The molecule has 1 atom stereocenters. The Balaban J connectivity index is 1.40. The van der Waals surface area contributed by atoms with Gasteiger partial charge in [-0.2, -0.15) is 4.98 Å². The molecule has 34 heavy (non-hydrogen) atoms. The standard InChI is InChI=1S/C23H23Cl3N4O4/c1-32-19-6-5-13(8-20(19)33-2)22-28-21(34-29-22)12-30-7-3-4-14(11-30)23(31)27-18-10-16(25)15(24)9-17(18)26/h5-6,8-10,14H,3-4,7,11-12H2,1-2H3,(H,27,31). The summed E-state index contributed by atoms with van der Waals surface area (Å²) in [6, 6.07) is 8.49. The van der Waals surface area contributed by atoms with Gasteiger partial charge in [0.05, 0.1) is 47.4 Å². The first-order chi connectivity index (χ1) is 16.4. The number of hydrogen-bond donors (Lipinski definition) is 1. The number of piperidine rings is 1. The van der Waals surface area contributed by atoms with Crippen molar-refractivity contribution in [3.63, 3.8) is 0 Å². The van der Waals surface area contributed by atoms with Crippen molar-refractivity contribution in [2.24, 2.45) is 5.92 Å². The van der Waals surface area contributed by atoms with E-state index in [2.05, 4.69) is 20.4 Å². The molecule has 1 fully saturated rings. The topological polar surface area (TPSA) is 89.7 Å². The molecule has 3 aromatic rings. The SMILES string of the molecule is COc1ccc(-c2noc(CN3CCCC(C(=O)Nc4cc(Cl)c(Cl)cc4Cl)C3)n2)cc1OC. The highest BCUT2D eigenvalue weighted by Crippen LogP contribution is 2.33. The number of methoxy groups -OCH3 is 2. The Morgan fingerprint density at radius 3 is 2.65 bits per heavy atom. The maximum Gasteiger partial charge on any atom is 0.241 e. The van der Waals surface area contributed by atoms with Gasteiger partial charge in [0.1, 0.15) is 0 Å². The summed E-state index contributed by atoms with van der Waals surface area (Å²) in [6.45, 7) is 1.82. The fourth-order valence-electron chi connectivity index (χ4n) is 3.87. The minimum atomic E-state index is -0.215. The first-order valence-corrected chi connectivity index (χ1v) is 11.7. The van der Waals surface area contributed by atoms with Gasteiger partial charge in [-0.25, -0.2) is 0 Å². The zero-order chi connectivity index (χ0) is 24.2. The Morgan fingerprint density at radius 1 is 1.12 bits per heavy atom. The van der Waals surface area contributed by atoms with E-state index in [1.165, 1.54) is 6.07 Å². The molecule has 1 aliphatic heterocycles. The maximum atomic E-state index is 12.9. The van der Waals surface area contributed by atoms with Gasteiger partial charge in [0.25, 0.3) is 0 Å². The highest BCUT2D eigenvalue weighted by molar-refractivity contribution is 6.44. The van der Waals surface area contributed by atoms with Crippen LogP contribution in [0.15, 0.2) is 34.9 Å². The average molecular weight is 526 g/mol. The molecule has 2 heterocycles. The molecule has 1 saturated heterocycles. The zero-order valence-corrected chi connectivity index (χ0v) is 20.9. The lowest BCUT2D eigenvalue weighted by Crippen LogP contribution is -2.40. The number of anilines is 1. The number of amides is 1. The van der Waals surface area contributed by atoms with Gasteiger partial charge in [-0.3, -0.25) is 9.69 Å². The second-order valence-corrected chi connectivity index (χ2v) is 9.11. The third-order valence-electron chi connectivity index (χ3n) is 5.61. The zero-order valence-electron chi connectivity index (χ0n) is 18.6. The Labute approximate surface area is 212 Å². The number of benzene rings is 2. The minimum Gasteiger partial charge on any atom is -0.493 e. The van der Waals surface area contributed by atoms with Crippen LogP contribution in [0.4, 0.5) is 5.69 Å². The van der Waals surface area contributed by atoms with E-state index < -0.39 is 0 Å². The third-order valence-corrected chi connectivity index (χ3v) is 6.65. The van der Waals surface area contributed by atoms with Crippen LogP contribution in [0.25, 0.3) is 11.4 Å². The van der Waals surface area contributed by atoms with Crippen molar-refractivity contribution in [1.29, 1.82) is 0 Å². The van der Waals surface area contributed by atoms with Crippen LogP contribution in [-0.4, -0.2) is 48.3 Å². The summed E-state index contributed by atoms with van der Waals surface area (Å²) in [4.78, 5) is 19.5. The van der Waals surface area contributed by atoms with Gasteiger partial charge >= 0.3 is 0 Å². The normalized spacial score (nSPS) is 16.3. The lowest BCUT2D eigenvalue weighted by molar-refractivity contribution is -0.121. The summed E-state index contributed by atoms with van der Waals surface area (Å²) < 4.78 is 16.1. The third kappa shape index (κ3) is 5.58. The highest BCUT2D eigenvalue weighted by atomic mass is 35.5. The molecule has 1 N–H and O–H groups in total. The number of nitrogens with one attached hydrogen (secondary N) is 1. The molecule has 1 aromatic heterocycles. The monoisotopic (exact) mass is 524 g/mol. The number of carbonyl (C=O) groups excluding carboxylic acids is 1. The molecule has 11 heteroatoms. The summed E-state index contributed by atoms with van der Waals surface area (Å²) in [7, 11) is 3.15. The molecule has 4 rings (SSSR count). The van der Waals surface area contributed by atoms with Gasteiger partial charge in [0, 0.05) is 12.1 Å². The Morgan fingerprint density at radius 2 is 1.88 bits per heavy atom. The Hall–Kier alpha value is -2.52. The van der Waals surface area contributed by atoms with Crippen LogP contribution in [0.5, 0.6) is 11.5 Å². The van der Waals surface area contributed by atoms with Crippen LogP contribution in [0.1, 0.15) is 18.7 Å². The first kappa shape index (κ1) is 24.6. The molecule has 8 nitrogen and oxygen atoms in total. The van der Waals surface area contributed by atoms with Crippen molar-refractivity contribution in [2.45, 2.75) is 19.4 Å². The minimum absolute atomic E-state index is 0.124. The van der Waals surface area contributed by atoms with Gasteiger partial charge in [0.15, 0.2) is 11.5 Å². The van der Waals surface area contributed by atoms with Crippen molar-refractivity contribution in [2.75, 3.05) is 32.6 Å². The smallest absolute Gasteiger partial charge is 0.241 e. The van der Waals surface area contributed by atoms with Crippen LogP contribution in [0.3, 0.4) is 0 Å². The fraction of sp³-hybridized carbons (Fsp3) is 0.348. The molecule has 0 saturated carbocycles. The summed E-state index contributed by atoms with van der Waals surface area (Å²) in [5.41, 5.74) is 1.19. The molecule has 0 bridgehead atoms. The predicted molar refractivity (Wildman–Crippen MR) is 131 cm³/mol. The molecule has 0 radical (unpaired) electrons. The number of likely N-dealkylation sites (tertiary alicyclic amines) is 1. The molecule has 180 valence electrons. The first-order valence-electron chi connectivity index (χ1n) is 10.6. The van der Waals surface area contributed by atoms with Crippen molar-refractivity contribution in [3.8, 4) is 22.9 Å². The fourth-order valence-corrected chi connectivity index (χ4v) is 4.46. The summed E-state index contributed by atoms with van der Waals surface area (Å²) in [5.74, 6) is 1.79. The van der Waals surface area contributed by atoms with Crippen LogP contribution in [0.2, 0.25) is 15.1 Å². The van der Waals surface area contributed by atoms with E-state index >= 15 is 0 Å². The summed E-state index contributed by atoms with van der Waals surface area (Å²) >= 11 is 18.2. The number of hydrogen-bond acceptors (Lipinski definition) is 7. The van der Waals surface area contributed by atoms with Crippen molar-refractivity contribution in [1.82, 2.24) is 15.0 Å². The van der Waals surface area contributed by atoms with Crippen LogP contribution >= 0.6 is 34.8 Å². The van der Waals surface area contributed by atoms with Crippen molar-refractivity contribution in [3.05, 3.63) is 51.3 Å². The van der Waals surface area contributed by atoms with Crippen LogP contribution in [0, 0.1) is 5.92 Å². The van der Waals surface area contributed by atoms with E-state index in [4.69, 9.17) is 48.8 Å². The molecule has 1 amide bonds. The lowest BCUT2D eigenvalue weighted by Gasteiger charge is -2.31. The molecule has 1 unspecified atom stereocenters. The highest BCUT2D eigenvalue weighted by Gasteiger charge is 2.27. The second kappa shape index (κ2) is 10.8. The van der Waals surface area contributed by atoms with E-state index in [1.807, 2.05) is 6.07 Å². The van der Waals surface area contributed by atoms with Crippen molar-refractivity contribution >= 4 is 46.4 Å². The number of halogens is 3. The van der Waals surface area contributed by atoms with E-state index in [0.717, 1.165) is 24.9 Å². The van der Waals surface area contributed by atoms with Gasteiger partial charge < -0.3 is 19.3 Å². The van der Waals surface area contributed by atoms with Gasteiger partial charge in [-0.05, 0) is 49.7 Å². The quantitative estimate of drug-likeness (QED) is 0.404. The van der Waals surface area contributed by atoms with E-state index in [0.29, 0.717) is 57.1 Å².